The Balaban J connectivity index is 1.66. The molecule has 0 bridgehead atoms. The minimum atomic E-state index is -0.451. The molecule has 3 rings (SSSR count). The van der Waals surface area contributed by atoms with Crippen LogP contribution in [0.4, 0.5) is 16.3 Å². The number of carbonyl (C=O) groups excluding carboxylic acids is 1. The summed E-state index contributed by atoms with van der Waals surface area (Å²) in [6.07, 6.45) is 3.17. The van der Waals surface area contributed by atoms with E-state index in [-0.39, 0.29) is 18.1 Å². The second kappa shape index (κ2) is 7.48. The molecule has 0 aliphatic carbocycles. The highest BCUT2D eigenvalue weighted by atomic mass is 16.5. The monoisotopic (exact) mass is 342 g/mol. The van der Waals surface area contributed by atoms with Crippen LogP contribution in [0.2, 0.25) is 0 Å². The smallest absolute Gasteiger partial charge is 0.351 e. The summed E-state index contributed by atoms with van der Waals surface area (Å²) < 4.78 is 7.39. The molecule has 1 saturated heterocycles. The van der Waals surface area contributed by atoms with Gasteiger partial charge in [-0.3, -0.25) is 9.88 Å². The summed E-state index contributed by atoms with van der Waals surface area (Å²) in [6.45, 7) is 4.19. The Morgan fingerprint density at radius 2 is 2.04 bits per heavy atom. The Hall–Kier alpha value is -2.67. The van der Waals surface area contributed by atoms with Gasteiger partial charge >= 0.3 is 11.7 Å². The lowest BCUT2D eigenvalue weighted by Gasteiger charge is -2.15. The van der Waals surface area contributed by atoms with Gasteiger partial charge in [-0.1, -0.05) is 32.0 Å². The number of hydrogen-bond acceptors (Lipinski definition) is 4. The van der Waals surface area contributed by atoms with E-state index in [9.17, 15) is 9.59 Å². The van der Waals surface area contributed by atoms with Crippen LogP contribution in [-0.2, 0) is 4.74 Å². The van der Waals surface area contributed by atoms with E-state index in [1.54, 1.807) is 24.4 Å². The number of nitrogens with zero attached hydrogens (tertiary/aromatic N) is 2. The van der Waals surface area contributed by atoms with Crippen molar-refractivity contribution >= 4 is 17.5 Å². The molecule has 7 nitrogen and oxygen atoms in total. The minimum Gasteiger partial charge on any atom is -0.354 e. The third kappa shape index (κ3) is 4.06. The van der Waals surface area contributed by atoms with Crippen molar-refractivity contribution in [2.45, 2.75) is 39.0 Å². The summed E-state index contributed by atoms with van der Waals surface area (Å²) in [5.74, 6) is 0.601. The molecule has 0 saturated carbocycles. The largest absolute Gasteiger partial charge is 0.354 e. The lowest BCUT2D eigenvalue weighted by atomic mass is 10.0. The van der Waals surface area contributed by atoms with Crippen LogP contribution in [0.5, 0.6) is 0 Å². The number of para-hydroxylation sites is 1. The van der Waals surface area contributed by atoms with Crippen molar-refractivity contribution in [1.82, 2.24) is 9.55 Å². The SMILES string of the molecule is CC[C@H]1O[C@@H](n2ccc(NC(=O)Nc3ccccc3)nc2=O)C[C@H]1C. The van der Waals surface area contributed by atoms with E-state index in [0.717, 1.165) is 12.8 Å². The second-order valence-electron chi connectivity index (χ2n) is 6.20. The molecule has 25 heavy (non-hydrogen) atoms. The van der Waals surface area contributed by atoms with Gasteiger partial charge in [-0.15, -0.1) is 0 Å². The first-order chi connectivity index (χ1) is 12.1. The number of carbonyl (C=O) groups is 1. The van der Waals surface area contributed by atoms with Gasteiger partial charge in [0.2, 0.25) is 0 Å². The summed E-state index contributed by atoms with van der Waals surface area (Å²) >= 11 is 0. The molecule has 0 spiro atoms. The van der Waals surface area contributed by atoms with Crippen LogP contribution in [0, 0.1) is 5.92 Å². The lowest BCUT2D eigenvalue weighted by molar-refractivity contribution is -0.00747. The average Bonchev–Trinajstić information content (AvgIpc) is 2.96. The normalized spacial score (nSPS) is 22.6. The van der Waals surface area contributed by atoms with Crippen molar-refractivity contribution in [3.63, 3.8) is 0 Å². The molecule has 0 unspecified atom stereocenters. The maximum atomic E-state index is 12.3. The maximum absolute atomic E-state index is 12.3. The van der Waals surface area contributed by atoms with Crippen LogP contribution >= 0.6 is 0 Å². The topological polar surface area (TPSA) is 85.2 Å². The second-order valence-corrected chi connectivity index (χ2v) is 6.20. The maximum Gasteiger partial charge on any atom is 0.351 e. The van der Waals surface area contributed by atoms with Gasteiger partial charge in [0, 0.05) is 11.9 Å². The highest BCUT2D eigenvalue weighted by Gasteiger charge is 2.32. The minimum absolute atomic E-state index is 0.159. The molecule has 2 amide bonds. The summed E-state index contributed by atoms with van der Waals surface area (Å²) in [6, 6.07) is 10.2. The van der Waals surface area contributed by atoms with Crippen LogP contribution in [0.3, 0.4) is 0 Å². The molecule has 132 valence electrons. The number of amides is 2. The molecule has 2 heterocycles. The predicted octanol–water partition coefficient (Wildman–Crippen LogP) is 3.22. The zero-order valence-electron chi connectivity index (χ0n) is 14.3. The Bertz CT molecular complexity index is 790. The van der Waals surface area contributed by atoms with Crippen LogP contribution in [-0.4, -0.2) is 21.7 Å². The number of nitrogens with one attached hydrogen (secondary N) is 2. The quantitative estimate of drug-likeness (QED) is 0.893. The number of urea groups is 1. The van der Waals surface area contributed by atoms with Crippen LogP contribution in [0.25, 0.3) is 0 Å². The van der Waals surface area contributed by atoms with Gasteiger partial charge in [0.1, 0.15) is 12.0 Å². The van der Waals surface area contributed by atoms with E-state index < -0.39 is 11.7 Å². The molecule has 3 atom stereocenters. The molecule has 7 heteroatoms. The first-order valence-electron chi connectivity index (χ1n) is 8.44. The predicted molar refractivity (Wildman–Crippen MR) is 95.6 cm³/mol. The number of benzene rings is 1. The van der Waals surface area contributed by atoms with E-state index in [1.165, 1.54) is 4.57 Å². The summed E-state index contributed by atoms with van der Waals surface area (Å²) in [5.41, 5.74) is 0.221. The number of anilines is 2. The van der Waals surface area contributed by atoms with Crippen molar-refractivity contribution in [3.05, 3.63) is 53.1 Å². The van der Waals surface area contributed by atoms with E-state index in [4.69, 9.17) is 4.74 Å². The molecule has 1 aromatic heterocycles. The summed E-state index contributed by atoms with van der Waals surface area (Å²) in [4.78, 5) is 28.2. The molecular weight excluding hydrogens is 320 g/mol. The standard InChI is InChI=1S/C18H22N4O3/c1-3-14-12(2)11-16(25-14)22-10-9-15(21-18(22)24)20-17(23)19-13-7-5-4-6-8-13/h4-10,12,14,16H,3,11H2,1-2H3,(H2,19,20,21,23,24)/t12-,14-,16-/m1/s1. The van der Waals surface area contributed by atoms with Gasteiger partial charge in [-0.2, -0.15) is 4.98 Å². The molecule has 2 N–H and O–H groups in total. The lowest BCUT2D eigenvalue weighted by Crippen LogP contribution is -2.29. The van der Waals surface area contributed by atoms with Crippen molar-refractivity contribution in [3.8, 4) is 0 Å². The molecule has 1 aromatic carbocycles. The molecule has 2 aromatic rings. The zero-order chi connectivity index (χ0) is 17.8. The molecule has 1 aliphatic heterocycles. The average molecular weight is 342 g/mol. The number of ether oxygens (including phenoxy) is 1. The third-order valence-corrected chi connectivity index (χ3v) is 4.36. The zero-order valence-corrected chi connectivity index (χ0v) is 14.3. The molecule has 1 aliphatic rings. The number of rotatable bonds is 4. The van der Waals surface area contributed by atoms with Gasteiger partial charge in [-0.25, -0.2) is 9.59 Å². The fourth-order valence-electron chi connectivity index (χ4n) is 3.04. The summed E-state index contributed by atoms with van der Waals surface area (Å²) in [7, 11) is 0. The fraction of sp³-hybridized carbons (Fsp3) is 0.389. The highest BCUT2D eigenvalue weighted by molar-refractivity contribution is 5.99. The van der Waals surface area contributed by atoms with E-state index in [1.807, 2.05) is 18.2 Å². The third-order valence-electron chi connectivity index (χ3n) is 4.36. The van der Waals surface area contributed by atoms with E-state index >= 15 is 0 Å². The van der Waals surface area contributed by atoms with Crippen LogP contribution < -0.4 is 16.3 Å². The Morgan fingerprint density at radius 3 is 2.68 bits per heavy atom. The van der Waals surface area contributed by atoms with E-state index in [0.29, 0.717) is 11.6 Å². The number of hydrogen-bond donors (Lipinski definition) is 2. The fourth-order valence-corrected chi connectivity index (χ4v) is 3.04. The van der Waals surface area contributed by atoms with Crippen molar-refractivity contribution in [1.29, 1.82) is 0 Å². The molecule has 1 fully saturated rings. The Morgan fingerprint density at radius 1 is 1.28 bits per heavy atom. The van der Waals surface area contributed by atoms with Crippen molar-refractivity contribution in [2.75, 3.05) is 10.6 Å². The Kier molecular flexibility index (Phi) is 5.14. The first kappa shape index (κ1) is 17.2. The van der Waals surface area contributed by atoms with E-state index in [2.05, 4.69) is 29.5 Å². The van der Waals surface area contributed by atoms with Crippen molar-refractivity contribution in [2.24, 2.45) is 5.92 Å². The summed E-state index contributed by atoms with van der Waals surface area (Å²) in [5, 5.41) is 5.24. The Labute approximate surface area is 146 Å². The number of aromatic nitrogens is 2. The van der Waals surface area contributed by atoms with Crippen LogP contribution in [0.15, 0.2) is 47.4 Å². The van der Waals surface area contributed by atoms with Crippen LogP contribution in [0.1, 0.15) is 32.9 Å². The van der Waals surface area contributed by atoms with Gasteiger partial charge < -0.3 is 10.1 Å². The van der Waals surface area contributed by atoms with Gasteiger partial charge in [0.25, 0.3) is 0 Å². The van der Waals surface area contributed by atoms with Gasteiger partial charge in [-0.05, 0) is 37.0 Å². The van der Waals surface area contributed by atoms with Crippen molar-refractivity contribution < 1.29 is 9.53 Å². The van der Waals surface area contributed by atoms with Gasteiger partial charge in [0.05, 0.1) is 6.10 Å². The highest BCUT2D eigenvalue weighted by Crippen LogP contribution is 2.33. The first-order valence-corrected chi connectivity index (χ1v) is 8.44. The molecular formula is C18H22N4O3. The molecule has 0 radical (unpaired) electrons. The van der Waals surface area contributed by atoms with Gasteiger partial charge in [0.15, 0.2) is 0 Å².